The molecule has 9 nitrogen and oxygen atoms in total. The minimum absolute atomic E-state index is 0.0582. The molecule has 0 saturated heterocycles. The number of fused-ring (bicyclic) bond motifs is 1. The summed E-state index contributed by atoms with van der Waals surface area (Å²) in [7, 11) is 0. The van der Waals surface area contributed by atoms with Crippen molar-refractivity contribution in [1.29, 1.82) is 0 Å². The molecule has 12 heteroatoms. The third-order valence-corrected chi connectivity index (χ3v) is 8.19. The summed E-state index contributed by atoms with van der Waals surface area (Å²) in [5, 5.41) is 16.7. The van der Waals surface area contributed by atoms with Gasteiger partial charge in [-0.1, -0.05) is 30.1 Å². The van der Waals surface area contributed by atoms with Crippen molar-refractivity contribution in [2.24, 2.45) is 11.1 Å². The second-order valence-electron chi connectivity index (χ2n) is 10.4. The Morgan fingerprint density at radius 3 is 2.65 bits per heavy atom. The Morgan fingerprint density at radius 2 is 1.97 bits per heavy atom. The van der Waals surface area contributed by atoms with E-state index in [1.807, 2.05) is 11.5 Å². The van der Waals surface area contributed by atoms with Gasteiger partial charge in [0.15, 0.2) is 5.65 Å². The van der Waals surface area contributed by atoms with Crippen molar-refractivity contribution in [3.8, 4) is 0 Å². The first-order chi connectivity index (χ1) is 17.6. The van der Waals surface area contributed by atoms with Gasteiger partial charge in [0, 0.05) is 22.5 Å². The number of nitrogens with two attached hydrogens (primary N) is 1. The summed E-state index contributed by atoms with van der Waals surface area (Å²) in [5.41, 5.74) is 6.26. The highest BCUT2D eigenvalue weighted by molar-refractivity contribution is 6.36. The van der Waals surface area contributed by atoms with Crippen LogP contribution >= 0.6 is 23.2 Å². The lowest BCUT2D eigenvalue weighted by molar-refractivity contribution is -0.128. The first kappa shape index (κ1) is 25.9. The molecular weight excluding hydrogens is 520 g/mol. The summed E-state index contributed by atoms with van der Waals surface area (Å²) in [6.45, 7) is 1.89. The summed E-state index contributed by atoms with van der Waals surface area (Å²) in [4.78, 5) is 25.9. The van der Waals surface area contributed by atoms with E-state index >= 15 is 0 Å². The van der Waals surface area contributed by atoms with E-state index in [-0.39, 0.29) is 39.8 Å². The van der Waals surface area contributed by atoms with Crippen molar-refractivity contribution in [2.75, 3.05) is 10.6 Å². The highest BCUT2D eigenvalue weighted by atomic mass is 35.5. The number of hydrogen-bond donors (Lipinski definition) is 4. The predicted octanol–water partition coefficient (Wildman–Crippen LogP) is 5.34. The fourth-order valence-corrected chi connectivity index (χ4v) is 5.91. The van der Waals surface area contributed by atoms with Gasteiger partial charge in [0.1, 0.15) is 11.3 Å². The number of primary amides is 1. The van der Waals surface area contributed by atoms with Gasteiger partial charge in [0.05, 0.1) is 23.0 Å². The van der Waals surface area contributed by atoms with Crippen LogP contribution < -0.4 is 16.4 Å². The number of anilines is 3. The number of nitrogens with one attached hydrogen (secondary N) is 2. The van der Waals surface area contributed by atoms with Crippen LogP contribution in [0.15, 0.2) is 18.3 Å². The Labute approximate surface area is 224 Å². The van der Waals surface area contributed by atoms with Crippen LogP contribution in [0.4, 0.5) is 22.0 Å². The molecule has 2 aromatic heterocycles. The maximum absolute atomic E-state index is 14.8. The quantitative estimate of drug-likeness (QED) is 0.326. The van der Waals surface area contributed by atoms with Gasteiger partial charge in [0.25, 0.3) is 0 Å². The van der Waals surface area contributed by atoms with Crippen molar-refractivity contribution < 1.29 is 14.3 Å². The molecule has 5 rings (SSSR count). The molecule has 1 amide bonds. The Morgan fingerprint density at radius 1 is 1.22 bits per heavy atom. The Balaban J connectivity index is 1.52. The lowest BCUT2D eigenvalue weighted by Gasteiger charge is -2.35. The number of aliphatic hydroxyl groups excluding tert-OH is 1. The maximum atomic E-state index is 14.8. The predicted molar refractivity (Wildman–Crippen MR) is 142 cm³/mol. The van der Waals surface area contributed by atoms with Crippen molar-refractivity contribution in [3.63, 3.8) is 0 Å². The van der Waals surface area contributed by atoms with E-state index < -0.39 is 11.2 Å². The second kappa shape index (κ2) is 10.2. The van der Waals surface area contributed by atoms with Crippen molar-refractivity contribution >= 4 is 57.9 Å². The molecule has 5 N–H and O–H groups in total. The van der Waals surface area contributed by atoms with Gasteiger partial charge in [-0.2, -0.15) is 4.98 Å². The number of aromatic nitrogens is 4. The highest BCUT2D eigenvalue weighted by Crippen LogP contribution is 2.43. The number of hydrogen-bond acceptors (Lipinski definition) is 7. The monoisotopic (exact) mass is 549 g/mol. The minimum Gasteiger partial charge on any atom is -0.393 e. The van der Waals surface area contributed by atoms with Crippen LogP contribution in [0.5, 0.6) is 0 Å². The summed E-state index contributed by atoms with van der Waals surface area (Å²) < 4.78 is 16.7. The van der Waals surface area contributed by atoms with E-state index in [0.717, 1.165) is 19.3 Å². The van der Waals surface area contributed by atoms with Crippen LogP contribution in [-0.4, -0.2) is 42.7 Å². The molecule has 0 bridgehead atoms. The van der Waals surface area contributed by atoms with E-state index in [1.54, 1.807) is 6.20 Å². The van der Waals surface area contributed by atoms with Crippen molar-refractivity contribution in [2.45, 2.75) is 76.5 Å². The maximum Gasteiger partial charge on any atom is 0.224 e. The van der Waals surface area contributed by atoms with Crippen LogP contribution in [0, 0.1) is 11.2 Å². The molecule has 198 valence electrons. The van der Waals surface area contributed by atoms with E-state index in [9.17, 15) is 14.3 Å². The SMILES string of the molecule is C[C@]1(C(N)=O)CC[C@@H](n2c(Nc3c(F)cc(Cl)cc3Cl)nc3cnc(N[C@@H]4CCC[C@H](O)C4)nc32)CC1. The molecule has 3 aromatic rings. The summed E-state index contributed by atoms with van der Waals surface area (Å²) in [6.07, 6.45) is 7.13. The number of rotatable bonds is 6. The number of aliphatic hydroxyl groups is 1. The molecule has 2 aliphatic carbocycles. The Kier molecular flexibility index (Phi) is 7.17. The molecule has 2 atom stereocenters. The summed E-state index contributed by atoms with van der Waals surface area (Å²) in [6, 6.07) is 2.65. The van der Waals surface area contributed by atoms with Crippen molar-refractivity contribution in [3.05, 3.63) is 34.2 Å². The molecule has 2 fully saturated rings. The lowest BCUT2D eigenvalue weighted by atomic mass is 9.73. The fraction of sp³-hybridized carbons (Fsp3) is 0.520. The molecule has 0 unspecified atom stereocenters. The van der Waals surface area contributed by atoms with Gasteiger partial charge in [-0.3, -0.25) is 9.36 Å². The van der Waals surface area contributed by atoms with Gasteiger partial charge < -0.3 is 21.5 Å². The largest absolute Gasteiger partial charge is 0.393 e. The molecule has 0 aliphatic heterocycles. The van der Waals surface area contributed by atoms with Gasteiger partial charge in [-0.05, 0) is 63.5 Å². The number of halogens is 3. The molecule has 0 spiro atoms. The Hall–Kier alpha value is -2.69. The normalized spacial score (nSPS) is 26.2. The number of carbonyl (C=O) groups is 1. The first-order valence-electron chi connectivity index (χ1n) is 12.5. The number of imidazole rings is 1. The average molecular weight is 550 g/mol. The zero-order valence-electron chi connectivity index (χ0n) is 20.5. The first-order valence-corrected chi connectivity index (χ1v) is 13.3. The average Bonchev–Trinajstić information content (AvgIpc) is 3.19. The van der Waals surface area contributed by atoms with Crippen LogP contribution in [0.2, 0.25) is 10.0 Å². The van der Waals surface area contributed by atoms with Crippen LogP contribution in [0.3, 0.4) is 0 Å². The smallest absolute Gasteiger partial charge is 0.224 e. The molecule has 0 radical (unpaired) electrons. The molecule has 2 aliphatic rings. The van der Waals surface area contributed by atoms with Gasteiger partial charge in [-0.25, -0.2) is 14.4 Å². The standard InChI is InChI=1S/C25H30Cl2FN7O2/c1-25(22(29)37)7-5-15(6-8-25)35-21-19(12-30-23(34-21)31-14-3-2-4-16(36)11-14)32-24(35)33-20-17(27)9-13(26)10-18(20)28/h9-10,12,14-16,36H,2-8,11H2,1H3,(H2,29,37)(H,32,33)(H,30,31,34)/t14-,15-,16+,25+/m1/s1. The fourth-order valence-electron chi connectivity index (χ4n) is 5.39. The van der Waals surface area contributed by atoms with Gasteiger partial charge >= 0.3 is 0 Å². The second-order valence-corrected chi connectivity index (χ2v) is 11.2. The van der Waals surface area contributed by atoms with E-state index in [0.29, 0.717) is 55.2 Å². The number of amides is 1. The van der Waals surface area contributed by atoms with Crippen LogP contribution in [0.1, 0.15) is 64.3 Å². The topological polar surface area (TPSA) is 131 Å². The number of benzene rings is 1. The summed E-state index contributed by atoms with van der Waals surface area (Å²) in [5.74, 6) is -0.109. The number of carbonyl (C=O) groups excluding carboxylic acids is 1. The van der Waals surface area contributed by atoms with Gasteiger partial charge in [0.2, 0.25) is 17.8 Å². The van der Waals surface area contributed by atoms with E-state index in [4.69, 9.17) is 33.9 Å². The van der Waals surface area contributed by atoms with E-state index in [1.165, 1.54) is 12.1 Å². The molecule has 2 saturated carbocycles. The molecule has 2 heterocycles. The highest BCUT2D eigenvalue weighted by Gasteiger charge is 2.38. The summed E-state index contributed by atoms with van der Waals surface area (Å²) >= 11 is 12.3. The third kappa shape index (κ3) is 5.32. The zero-order valence-corrected chi connectivity index (χ0v) is 22.0. The van der Waals surface area contributed by atoms with Crippen LogP contribution in [0.25, 0.3) is 11.2 Å². The van der Waals surface area contributed by atoms with Gasteiger partial charge in [-0.15, -0.1) is 0 Å². The minimum atomic E-state index is -0.606. The molecular formula is C25H30Cl2FN7O2. The zero-order chi connectivity index (χ0) is 26.3. The lowest BCUT2D eigenvalue weighted by Crippen LogP contribution is -2.38. The molecule has 37 heavy (non-hydrogen) atoms. The van der Waals surface area contributed by atoms with E-state index in [2.05, 4.69) is 20.6 Å². The molecule has 1 aromatic carbocycles. The Bertz CT molecular complexity index is 1300. The van der Waals surface area contributed by atoms with Crippen molar-refractivity contribution in [1.82, 2.24) is 19.5 Å². The number of nitrogens with zero attached hydrogens (tertiary/aromatic N) is 4. The third-order valence-electron chi connectivity index (χ3n) is 7.67. The van der Waals surface area contributed by atoms with Crippen LogP contribution in [-0.2, 0) is 4.79 Å².